The van der Waals surface area contributed by atoms with Crippen molar-refractivity contribution < 1.29 is 4.79 Å². The summed E-state index contributed by atoms with van der Waals surface area (Å²) < 4.78 is 1.33. The molecule has 124 valence electrons. The van der Waals surface area contributed by atoms with Crippen LogP contribution in [0.1, 0.15) is 29.8 Å². The maximum atomic E-state index is 12.4. The molecular weight excluding hydrogens is 328 g/mol. The molecule has 2 aromatic heterocycles. The molecule has 1 aromatic carbocycles. The fourth-order valence-electron chi connectivity index (χ4n) is 2.62. The highest BCUT2D eigenvalue weighted by molar-refractivity contribution is 6.30. The first-order valence-electron chi connectivity index (χ1n) is 7.56. The van der Waals surface area contributed by atoms with Crippen LogP contribution in [0.3, 0.4) is 0 Å². The van der Waals surface area contributed by atoms with Crippen LogP contribution in [0.15, 0.2) is 41.3 Å². The Kier molecular flexibility index (Phi) is 4.40. The minimum absolute atomic E-state index is 0.0233. The molecule has 0 radical (unpaired) electrons. The molecule has 0 saturated heterocycles. The summed E-state index contributed by atoms with van der Waals surface area (Å²) in [4.78, 5) is 29.1. The summed E-state index contributed by atoms with van der Waals surface area (Å²) in [6.07, 6.45) is 1.61. The van der Waals surface area contributed by atoms with Crippen LogP contribution in [-0.2, 0) is 11.2 Å². The molecule has 0 unspecified atom stereocenters. The third kappa shape index (κ3) is 3.19. The summed E-state index contributed by atoms with van der Waals surface area (Å²) in [7, 11) is 0. The Labute approximate surface area is 143 Å². The number of hydrogen-bond donors (Lipinski definition) is 2. The number of rotatable bonds is 4. The van der Waals surface area contributed by atoms with E-state index in [1.54, 1.807) is 31.3 Å². The second-order valence-electron chi connectivity index (χ2n) is 5.66. The van der Waals surface area contributed by atoms with Gasteiger partial charge in [0.15, 0.2) is 5.65 Å². The molecule has 3 rings (SSSR count). The number of halogens is 1. The van der Waals surface area contributed by atoms with Crippen molar-refractivity contribution in [3.63, 3.8) is 0 Å². The normalized spacial score (nSPS) is 12.3. The van der Waals surface area contributed by atoms with Crippen LogP contribution in [0, 0.1) is 6.92 Å². The Morgan fingerprint density at radius 3 is 2.96 bits per heavy atom. The van der Waals surface area contributed by atoms with E-state index in [4.69, 9.17) is 11.6 Å². The second-order valence-corrected chi connectivity index (χ2v) is 6.09. The summed E-state index contributed by atoms with van der Waals surface area (Å²) >= 11 is 5.97. The number of hydrogen-bond acceptors (Lipinski definition) is 3. The molecular formula is C17H17ClN4O2. The first kappa shape index (κ1) is 16.3. The highest BCUT2D eigenvalue weighted by Crippen LogP contribution is 2.17. The topological polar surface area (TPSA) is 79.3 Å². The van der Waals surface area contributed by atoms with Crippen LogP contribution >= 0.6 is 11.6 Å². The first-order valence-corrected chi connectivity index (χ1v) is 7.94. The Hall–Kier alpha value is -2.60. The van der Waals surface area contributed by atoms with Crippen LogP contribution in [0.5, 0.6) is 0 Å². The maximum Gasteiger partial charge on any atom is 0.276 e. The predicted octanol–water partition coefficient (Wildman–Crippen LogP) is 2.40. The van der Waals surface area contributed by atoms with E-state index in [1.165, 1.54) is 4.52 Å². The van der Waals surface area contributed by atoms with Gasteiger partial charge < -0.3 is 5.32 Å². The molecule has 2 heterocycles. The van der Waals surface area contributed by atoms with Crippen molar-refractivity contribution in [2.45, 2.75) is 26.3 Å². The number of aromatic nitrogens is 3. The first-order chi connectivity index (χ1) is 11.5. The average molecular weight is 345 g/mol. The molecule has 0 saturated carbocycles. The molecule has 0 spiro atoms. The Morgan fingerprint density at radius 1 is 1.42 bits per heavy atom. The van der Waals surface area contributed by atoms with Crippen molar-refractivity contribution in [1.82, 2.24) is 19.9 Å². The van der Waals surface area contributed by atoms with Gasteiger partial charge in [-0.2, -0.15) is 0 Å². The summed E-state index contributed by atoms with van der Waals surface area (Å²) in [5.74, 6) is -0.240. The van der Waals surface area contributed by atoms with Crippen LogP contribution in [0.4, 0.5) is 0 Å². The van der Waals surface area contributed by atoms with Crippen molar-refractivity contribution in [2.75, 3.05) is 0 Å². The van der Waals surface area contributed by atoms with E-state index in [1.807, 2.05) is 19.1 Å². The minimum Gasteiger partial charge on any atom is -0.349 e. The number of carbonyl (C=O) groups is 1. The van der Waals surface area contributed by atoms with Gasteiger partial charge in [0, 0.05) is 28.5 Å². The zero-order chi connectivity index (χ0) is 17.3. The van der Waals surface area contributed by atoms with E-state index in [9.17, 15) is 9.59 Å². The van der Waals surface area contributed by atoms with E-state index in [-0.39, 0.29) is 23.9 Å². The summed E-state index contributed by atoms with van der Waals surface area (Å²) in [5, 5.41) is 6.30. The van der Waals surface area contributed by atoms with Crippen molar-refractivity contribution in [2.24, 2.45) is 0 Å². The average Bonchev–Trinajstić information content (AvgIpc) is 2.99. The van der Waals surface area contributed by atoms with Crippen LogP contribution < -0.4 is 10.9 Å². The van der Waals surface area contributed by atoms with Crippen molar-refractivity contribution >= 4 is 23.2 Å². The number of amides is 1. The number of benzene rings is 1. The monoisotopic (exact) mass is 344 g/mol. The Morgan fingerprint density at radius 2 is 2.21 bits per heavy atom. The lowest BCUT2D eigenvalue weighted by molar-refractivity contribution is -0.121. The fourth-order valence-corrected chi connectivity index (χ4v) is 2.82. The molecule has 0 aliphatic carbocycles. The van der Waals surface area contributed by atoms with Crippen LogP contribution in [-0.4, -0.2) is 20.5 Å². The molecule has 2 N–H and O–H groups in total. The standard InChI is InChI=1S/C17H17ClN4O2/c1-10(12-4-3-5-13(18)8-12)21-16(23)9-14-11(2)20-15-6-7-19-22(15)17(14)24/h3-8,10,19H,9H2,1-2H3,(H,21,23)/t10-/m1/s1. The molecule has 6 nitrogen and oxygen atoms in total. The number of H-pyrrole nitrogens is 1. The van der Waals surface area contributed by atoms with Crippen molar-refractivity contribution in [3.8, 4) is 0 Å². The third-order valence-corrected chi connectivity index (χ3v) is 4.14. The van der Waals surface area contributed by atoms with Gasteiger partial charge in [0.05, 0.1) is 12.5 Å². The molecule has 1 atom stereocenters. The SMILES string of the molecule is Cc1nc2cc[nH]n2c(=O)c1CC(=O)N[C@H](C)c1cccc(Cl)c1. The molecule has 1 amide bonds. The Balaban J connectivity index is 1.79. The van der Waals surface area contributed by atoms with Gasteiger partial charge >= 0.3 is 0 Å². The van der Waals surface area contributed by atoms with Crippen LogP contribution in [0.25, 0.3) is 5.65 Å². The maximum absolute atomic E-state index is 12.4. The second kappa shape index (κ2) is 6.49. The number of fused-ring (bicyclic) bond motifs is 1. The lowest BCUT2D eigenvalue weighted by Crippen LogP contribution is -2.32. The van der Waals surface area contributed by atoms with Crippen LogP contribution in [0.2, 0.25) is 5.02 Å². The zero-order valence-corrected chi connectivity index (χ0v) is 14.1. The zero-order valence-electron chi connectivity index (χ0n) is 13.3. The van der Waals surface area contributed by atoms with Gasteiger partial charge in [0.1, 0.15) is 0 Å². The van der Waals surface area contributed by atoms with E-state index in [0.717, 1.165) is 5.56 Å². The number of nitrogens with one attached hydrogen (secondary N) is 2. The van der Waals surface area contributed by atoms with E-state index in [2.05, 4.69) is 15.4 Å². The van der Waals surface area contributed by atoms with Gasteiger partial charge in [-0.3, -0.25) is 14.7 Å². The largest absolute Gasteiger partial charge is 0.349 e. The van der Waals surface area contributed by atoms with Gasteiger partial charge in [0.25, 0.3) is 5.56 Å². The summed E-state index contributed by atoms with van der Waals surface area (Å²) in [6.45, 7) is 3.60. The number of carbonyl (C=O) groups excluding carboxylic acids is 1. The third-order valence-electron chi connectivity index (χ3n) is 3.91. The van der Waals surface area contributed by atoms with Gasteiger partial charge in [-0.25, -0.2) is 9.50 Å². The van der Waals surface area contributed by atoms with Gasteiger partial charge in [-0.05, 0) is 31.5 Å². The van der Waals surface area contributed by atoms with Crippen molar-refractivity contribution in [3.05, 3.63) is 68.7 Å². The molecule has 7 heteroatoms. The number of nitrogens with zero attached hydrogens (tertiary/aromatic N) is 2. The minimum atomic E-state index is -0.256. The number of aryl methyl sites for hydroxylation is 1. The van der Waals surface area contributed by atoms with E-state index >= 15 is 0 Å². The molecule has 3 aromatic rings. The smallest absolute Gasteiger partial charge is 0.276 e. The van der Waals surface area contributed by atoms with Gasteiger partial charge in [0.2, 0.25) is 5.91 Å². The highest BCUT2D eigenvalue weighted by atomic mass is 35.5. The molecule has 0 bridgehead atoms. The van der Waals surface area contributed by atoms with Crippen molar-refractivity contribution in [1.29, 1.82) is 0 Å². The predicted molar refractivity (Wildman–Crippen MR) is 92.3 cm³/mol. The Bertz CT molecular complexity index is 961. The summed E-state index contributed by atoms with van der Waals surface area (Å²) in [6, 6.07) is 8.81. The van der Waals surface area contributed by atoms with E-state index < -0.39 is 0 Å². The highest BCUT2D eigenvalue weighted by Gasteiger charge is 2.16. The van der Waals surface area contributed by atoms with Gasteiger partial charge in [-0.1, -0.05) is 23.7 Å². The molecule has 24 heavy (non-hydrogen) atoms. The lowest BCUT2D eigenvalue weighted by Gasteiger charge is -2.15. The molecule has 0 aliphatic heterocycles. The number of aromatic amines is 1. The fraction of sp³-hybridized carbons (Fsp3) is 0.235. The summed E-state index contributed by atoms with van der Waals surface area (Å²) in [5.41, 5.74) is 2.13. The molecule has 0 fully saturated rings. The van der Waals surface area contributed by atoms with E-state index in [0.29, 0.717) is 21.9 Å². The molecule has 0 aliphatic rings. The van der Waals surface area contributed by atoms with Gasteiger partial charge in [-0.15, -0.1) is 0 Å². The lowest BCUT2D eigenvalue weighted by atomic mass is 10.1. The quantitative estimate of drug-likeness (QED) is 0.762.